The second kappa shape index (κ2) is 5.46. The molecular weight excluding hydrogens is 214 g/mol. The summed E-state index contributed by atoms with van der Waals surface area (Å²) in [6.07, 6.45) is 4.46. The summed E-state index contributed by atoms with van der Waals surface area (Å²) in [5, 5.41) is 0.218. The highest BCUT2D eigenvalue weighted by Crippen LogP contribution is 2.05. The number of hydrogen-bond donors (Lipinski definition) is 0. The Morgan fingerprint density at radius 1 is 1.67 bits per heavy atom. The summed E-state index contributed by atoms with van der Waals surface area (Å²) in [5.41, 5.74) is 0.256. The molecule has 0 saturated heterocycles. The fourth-order valence-corrected chi connectivity index (χ4v) is 1.27. The summed E-state index contributed by atoms with van der Waals surface area (Å²) in [7, 11) is 0. The van der Waals surface area contributed by atoms with Gasteiger partial charge in [0.1, 0.15) is 10.8 Å². The standard InChI is InChI=1S/C10H12ClN3O/c1-3-5-14(4-2)10(15)8-6-12-7-9(11)13-8/h3,6-7H,1,4-5H2,2H3. The molecule has 0 fully saturated rings. The maximum Gasteiger partial charge on any atom is 0.274 e. The minimum absolute atomic E-state index is 0.188. The van der Waals surface area contributed by atoms with Gasteiger partial charge in [-0.15, -0.1) is 6.58 Å². The molecule has 80 valence electrons. The fraction of sp³-hybridized carbons (Fsp3) is 0.300. The van der Waals surface area contributed by atoms with Crippen LogP contribution >= 0.6 is 11.6 Å². The van der Waals surface area contributed by atoms with Crippen LogP contribution in [0.4, 0.5) is 0 Å². The molecule has 0 N–H and O–H groups in total. The SMILES string of the molecule is C=CCN(CC)C(=O)c1cncc(Cl)n1. The molecule has 0 spiro atoms. The summed E-state index contributed by atoms with van der Waals surface area (Å²) < 4.78 is 0. The molecule has 0 saturated carbocycles. The molecule has 0 aliphatic rings. The average Bonchev–Trinajstić information content (AvgIpc) is 2.25. The van der Waals surface area contributed by atoms with Crippen LogP contribution in [0.1, 0.15) is 17.4 Å². The Labute approximate surface area is 93.6 Å². The maximum absolute atomic E-state index is 11.8. The normalized spacial score (nSPS) is 9.73. The Morgan fingerprint density at radius 3 is 2.93 bits per heavy atom. The number of likely N-dealkylation sites (N-methyl/N-ethyl adjacent to an activating group) is 1. The lowest BCUT2D eigenvalue weighted by molar-refractivity contribution is 0.0776. The molecule has 0 radical (unpaired) electrons. The number of rotatable bonds is 4. The summed E-state index contributed by atoms with van der Waals surface area (Å²) in [6, 6.07) is 0. The summed E-state index contributed by atoms with van der Waals surface area (Å²) in [6.45, 7) is 6.56. The first-order chi connectivity index (χ1) is 7.19. The van der Waals surface area contributed by atoms with Crippen molar-refractivity contribution in [3.8, 4) is 0 Å². The van der Waals surface area contributed by atoms with Crippen LogP contribution in [0.15, 0.2) is 25.0 Å². The highest BCUT2D eigenvalue weighted by molar-refractivity contribution is 6.29. The summed E-state index contributed by atoms with van der Waals surface area (Å²) in [4.78, 5) is 21.2. The van der Waals surface area contributed by atoms with E-state index in [0.29, 0.717) is 13.1 Å². The second-order valence-electron chi connectivity index (χ2n) is 2.86. The summed E-state index contributed by atoms with van der Waals surface area (Å²) >= 11 is 5.65. The Balaban J connectivity index is 2.87. The monoisotopic (exact) mass is 225 g/mol. The molecule has 1 rings (SSSR count). The number of nitrogens with zero attached hydrogens (tertiary/aromatic N) is 3. The molecule has 1 aromatic rings. The number of aromatic nitrogens is 2. The van der Waals surface area contributed by atoms with E-state index in [0.717, 1.165) is 0 Å². The van der Waals surface area contributed by atoms with E-state index in [9.17, 15) is 4.79 Å². The third-order valence-electron chi connectivity index (χ3n) is 1.84. The topological polar surface area (TPSA) is 46.1 Å². The first-order valence-corrected chi connectivity index (χ1v) is 4.94. The average molecular weight is 226 g/mol. The molecule has 15 heavy (non-hydrogen) atoms. The van der Waals surface area contributed by atoms with Crippen LogP contribution in [0.3, 0.4) is 0 Å². The Hall–Kier alpha value is -1.42. The van der Waals surface area contributed by atoms with Gasteiger partial charge in [0.05, 0.1) is 12.4 Å². The number of carbonyl (C=O) groups is 1. The first kappa shape index (κ1) is 11.7. The molecule has 0 aromatic carbocycles. The molecule has 0 aliphatic carbocycles. The van der Waals surface area contributed by atoms with E-state index in [2.05, 4.69) is 16.5 Å². The molecule has 4 nitrogen and oxygen atoms in total. The first-order valence-electron chi connectivity index (χ1n) is 4.56. The van der Waals surface area contributed by atoms with Gasteiger partial charge in [-0.3, -0.25) is 9.78 Å². The van der Waals surface area contributed by atoms with Crippen molar-refractivity contribution in [3.05, 3.63) is 35.9 Å². The molecule has 1 amide bonds. The van der Waals surface area contributed by atoms with Gasteiger partial charge in [0, 0.05) is 13.1 Å². The van der Waals surface area contributed by atoms with Crippen LogP contribution < -0.4 is 0 Å². The molecule has 0 aliphatic heterocycles. The van der Waals surface area contributed by atoms with Crippen molar-refractivity contribution in [2.75, 3.05) is 13.1 Å². The van der Waals surface area contributed by atoms with Gasteiger partial charge in [0.15, 0.2) is 0 Å². The number of carbonyl (C=O) groups excluding carboxylic acids is 1. The van der Waals surface area contributed by atoms with Gasteiger partial charge >= 0.3 is 0 Å². The van der Waals surface area contributed by atoms with Gasteiger partial charge < -0.3 is 4.90 Å². The quantitative estimate of drug-likeness (QED) is 0.734. The van der Waals surface area contributed by atoms with Crippen molar-refractivity contribution >= 4 is 17.5 Å². The van der Waals surface area contributed by atoms with Crippen molar-refractivity contribution in [2.24, 2.45) is 0 Å². The van der Waals surface area contributed by atoms with Crippen LogP contribution in [-0.4, -0.2) is 33.9 Å². The van der Waals surface area contributed by atoms with E-state index in [1.54, 1.807) is 11.0 Å². The van der Waals surface area contributed by atoms with Gasteiger partial charge in [-0.25, -0.2) is 4.98 Å². The largest absolute Gasteiger partial charge is 0.334 e. The molecule has 1 heterocycles. The Morgan fingerprint density at radius 2 is 2.40 bits per heavy atom. The van der Waals surface area contributed by atoms with Crippen LogP contribution in [0, 0.1) is 0 Å². The van der Waals surface area contributed by atoms with Crippen molar-refractivity contribution in [1.82, 2.24) is 14.9 Å². The smallest absolute Gasteiger partial charge is 0.274 e. The zero-order valence-electron chi connectivity index (χ0n) is 8.48. The molecule has 0 unspecified atom stereocenters. The zero-order valence-corrected chi connectivity index (χ0v) is 9.24. The van der Waals surface area contributed by atoms with Gasteiger partial charge in [-0.05, 0) is 6.92 Å². The zero-order chi connectivity index (χ0) is 11.3. The van der Waals surface area contributed by atoms with Gasteiger partial charge in [-0.1, -0.05) is 17.7 Å². The van der Waals surface area contributed by atoms with E-state index in [4.69, 9.17) is 11.6 Å². The van der Waals surface area contributed by atoms with Crippen LogP contribution in [0.25, 0.3) is 0 Å². The minimum atomic E-state index is -0.188. The molecule has 0 atom stereocenters. The highest BCUT2D eigenvalue weighted by Gasteiger charge is 2.14. The van der Waals surface area contributed by atoms with Crippen LogP contribution in [-0.2, 0) is 0 Å². The lowest BCUT2D eigenvalue weighted by Gasteiger charge is -2.17. The predicted octanol–water partition coefficient (Wildman–Crippen LogP) is 1.78. The minimum Gasteiger partial charge on any atom is -0.334 e. The van der Waals surface area contributed by atoms with E-state index < -0.39 is 0 Å². The molecule has 5 heteroatoms. The molecular formula is C10H12ClN3O. The lowest BCUT2D eigenvalue weighted by Crippen LogP contribution is -2.31. The third-order valence-corrected chi connectivity index (χ3v) is 2.02. The van der Waals surface area contributed by atoms with Crippen molar-refractivity contribution in [1.29, 1.82) is 0 Å². The second-order valence-corrected chi connectivity index (χ2v) is 3.25. The van der Waals surface area contributed by atoms with Crippen molar-refractivity contribution < 1.29 is 4.79 Å². The van der Waals surface area contributed by atoms with Gasteiger partial charge in [0.25, 0.3) is 5.91 Å². The lowest BCUT2D eigenvalue weighted by atomic mass is 10.3. The van der Waals surface area contributed by atoms with Gasteiger partial charge in [-0.2, -0.15) is 0 Å². The summed E-state index contributed by atoms with van der Waals surface area (Å²) in [5.74, 6) is -0.188. The van der Waals surface area contributed by atoms with Crippen molar-refractivity contribution in [2.45, 2.75) is 6.92 Å². The van der Waals surface area contributed by atoms with Crippen LogP contribution in [0.5, 0.6) is 0 Å². The van der Waals surface area contributed by atoms with E-state index in [-0.39, 0.29) is 16.8 Å². The number of amides is 1. The van der Waals surface area contributed by atoms with Gasteiger partial charge in [0.2, 0.25) is 0 Å². The highest BCUT2D eigenvalue weighted by atomic mass is 35.5. The van der Waals surface area contributed by atoms with E-state index in [1.807, 2.05) is 6.92 Å². The fourth-order valence-electron chi connectivity index (χ4n) is 1.12. The Bertz CT molecular complexity index is 367. The van der Waals surface area contributed by atoms with Crippen LogP contribution in [0.2, 0.25) is 5.15 Å². The van der Waals surface area contributed by atoms with E-state index >= 15 is 0 Å². The van der Waals surface area contributed by atoms with E-state index in [1.165, 1.54) is 12.4 Å². The van der Waals surface area contributed by atoms with Crippen molar-refractivity contribution in [3.63, 3.8) is 0 Å². The molecule has 0 bridgehead atoms. The maximum atomic E-state index is 11.8. The molecule has 1 aromatic heterocycles. The third kappa shape index (κ3) is 3.02. The number of hydrogen-bond acceptors (Lipinski definition) is 3. The predicted molar refractivity (Wildman–Crippen MR) is 58.8 cm³/mol. The Kier molecular flexibility index (Phi) is 4.24. The number of halogens is 1.